The van der Waals surface area contributed by atoms with Gasteiger partial charge in [0.05, 0.1) is 5.75 Å². The lowest BCUT2D eigenvalue weighted by Crippen LogP contribution is -2.65. The molecule has 3 fully saturated rings. The van der Waals surface area contributed by atoms with Crippen LogP contribution in [0.15, 0.2) is 0 Å². The Hall–Kier alpha value is -1.11. The third-order valence-corrected chi connectivity index (χ3v) is 5.24. The smallest absolute Gasteiger partial charge is 0.246 e. The van der Waals surface area contributed by atoms with Crippen LogP contribution in [-0.4, -0.2) is 55.8 Å². The molecule has 0 aromatic carbocycles. The van der Waals surface area contributed by atoms with Crippen LogP contribution >= 0.6 is 0 Å². The molecule has 0 spiro atoms. The van der Waals surface area contributed by atoms with Crippen molar-refractivity contribution in [3.05, 3.63) is 0 Å². The van der Waals surface area contributed by atoms with Crippen LogP contribution in [0, 0.1) is 11.8 Å². The Labute approximate surface area is 118 Å². The van der Waals surface area contributed by atoms with E-state index in [0.29, 0.717) is 0 Å². The Morgan fingerprint density at radius 3 is 2.25 bits per heavy atom. The van der Waals surface area contributed by atoms with Gasteiger partial charge in [0.1, 0.15) is 21.9 Å². The monoisotopic (exact) mass is 300 g/mol. The summed E-state index contributed by atoms with van der Waals surface area (Å²) in [4.78, 5) is 26.3. The maximum absolute atomic E-state index is 12.5. The number of nitrogens with one attached hydrogen (secondary N) is 1. The van der Waals surface area contributed by atoms with E-state index in [1.165, 1.54) is 4.90 Å². The van der Waals surface area contributed by atoms with Gasteiger partial charge >= 0.3 is 0 Å². The zero-order valence-electron chi connectivity index (χ0n) is 11.5. The third kappa shape index (κ3) is 2.82. The summed E-state index contributed by atoms with van der Waals surface area (Å²) in [5, 5.41) is 2.85. The molecule has 0 radical (unpaired) electrons. The van der Waals surface area contributed by atoms with Gasteiger partial charge in [-0.1, -0.05) is 0 Å². The Bertz CT molecular complexity index is 537. The van der Waals surface area contributed by atoms with Crippen molar-refractivity contribution >= 4 is 21.7 Å². The van der Waals surface area contributed by atoms with Gasteiger partial charge in [-0.05, 0) is 37.5 Å². The number of sulfone groups is 1. The van der Waals surface area contributed by atoms with Gasteiger partial charge in [-0.3, -0.25) is 9.59 Å². The second-order valence-corrected chi connectivity index (χ2v) is 8.53. The zero-order valence-corrected chi connectivity index (χ0v) is 12.4. The van der Waals surface area contributed by atoms with Crippen LogP contribution in [0.5, 0.6) is 0 Å². The highest BCUT2D eigenvalue weighted by molar-refractivity contribution is 7.90. The number of carbonyl (C=O) groups is 2. The van der Waals surface area contributed by atoms with Gasteiger partial charge in [0.2, 0.25) is 11.8 Å². The predicted octanol–water partition coefficient (Wildman–Crippen LogP) is -0.453. The summed E-state index contributed by atoms with van der Waals surface area (Å²) in [6.07, 6.45) is 4.96. The molecule has 1 saturated heterocycles. The number of rotatable bonds is 5. The molecule has 2 saturated carbocycles. The molecule has 7 heteroatoms. The third-order valence-electron chi connectivity index (χ3n) is 4.32. The van der Waals surface area contributed by atoms with Gasteiger partial charge in [-0.2, -0.15) is 0 Å². The summed E-state index contributed by atoms with van der Waals surface area (Å²) < 4.78 is 22.7. The highest BCUT2D eigenvalue weighted by Crippen LogP contribution is 2.40. The Kier molecular flexibility index (Phi) is 3.27. The summed E-state index contributed by atoms with van der Waals surface area (Å²) in [6, 6.07) is -0.892. The average Bonchev–Trinajstić information content (AvgIpc) is 3.21. The van der Waals surface area contributed by atoms with E-state index in [4.69, 9.17) is 0 Å². The van der Waals surface area contributed by atoms with Crippen molar-refractivity contribution in [1.82, 2.24) is 10.2 Å². The standard InChI is InChI=1S/C13H20N2O4S/c1-20(18,19)7-6-15-11(9-4-5-9)12(16)14-10(13(15)17)8-2-3-8/h8-11H,2-7H2,1H3,(H,14,16). The van der Waals surface area contributed by atoms with Crippen molar-refractivity contribution in [3.63, 3.8) is 0 Å². The van der Waals surface area contributed by atoms with Crippen LogP contribution in [-0.2, 0) is 19.4 Å². The van der Waals surface area contributed by atoms with Crippen LogP contribution < -0.4 is 5.32 Å². The first-order valence-corrected chi connectivity index (χ1v) is 9.21. The molecule has 2 amide bonds. The number of piperazine rings is 1. The zero-order chi connectivity index (χ0) is 14.5. The minimum absolute atomic E-state index is 0.0768. The minimum atomic E-state index is -3.14. The van der Waals surface area contributed by atoms with Crippen molar-refractivity contribution in [1.29, 1.82) is 0 Å². The first-order chi connectivity index (χ1) is 9.37. The van der Waals surface area contributed by atoms with E-state index < -0.39 is 21.9 Å². The fourth-order valence-corrected chi connectivity index (χ4v) is 3.43. The van der Waals surface area contributed by atoms with Gasteiger partial charge in [0, 0.05) is 12.8 Å². The minimum Gasteiger partial charge on any atom is -0.342 e. The molecular weight excluding hydrogens is 280 g/mol. The fourth-order valence-electron chi connectivity index (χ4n) is 2.90. The number of hydrogen-bond donors (Lipinski definition) is 1. The van der Waals surface area contributed by atoms with E-state index >= 15 is 0 Å². The van der Waals surface area contributed by atoms with Gasteiger partial charge < -0.3 is 10.2 Å². The molecule has 0 aromatic rings. The molecule has 2 unspecified atom stereocenters. The van der Waals surface area contributed by atoms with Crippen LogP contribution in [0.25, 0.3) is 0 Å². The highest BCUT2D eigenvalue weighted by Gasteiger charge is 2.51. The highest BCUT2D eigenvalue weighted by atomic mass is 32.2. The van der Waals surface area contributed by atoms with E-state index in [2.05, 4.69) is 5.32 Å². The van der Waals surface area contributed by atoms with Crippen LogP contribution in [0.2, 0.25) is 0 Å². The number of amides is 2. The van der Waals surface area contributed by atoms with E-state index in [9.17, 15) is 18.0 Å². The SMILES string of the molecule is CS(=O)(=O)CCN1C(=O)C(C2CC2)NC(=O)C1C1CC1. The summed E-state index contributed by atoms with van der Waals surface area (Å²) >= 11 is 0. The van der Waals surface area contributed by atoms with Crippen molar-refractivity contribution < 1.29 is 18.0 Å². The fraction of sp³-hybridized carbons (Fsp3) is 0.846. The van der Waals surface area contributed by atoms with Gasteiger partial charge in [0.25, 0.3) is 0 Å². The van der Waals surface area contributed by atoms with E-state index in [1.807, 2.05) is 0 Å². The normalized spacial score (nSPS) is 31.4. The molecule has 1 heterocycles. The number of hydrogen-bond acceptors (Lipinski definition) is 4. The summed E-state index contributed by atoms with van der Waals surface area (Å²) in [5.74, 6) is 0.184. The lowest BCUT2D eigenvalue weighted by Gasteiger charge is -2.39. The average molecular weight is 300 g/mol. The molecular formula is C13H20N2O4S. The molecule has 6 nitrogen and oxygen atoms in total. The quantitative estimate of drug-likeness (QED) is 0.745. The first kappa shape index (κ1) is 13.9. The van der Waals surface area contributed by atoms with Crippen molar-refractivity contribution in [2.75, 3.05) is 18.6 Å². The van der Waals surface area contributed by atoms with E-state index in [0.717, 1.165) is 31.9 Å². The van der Waals surface area contributed by atoms with Crippen LogP contribution in [0.3, 0.4) is 0 Å². The van der Waals surface area contributed by atoms with Crippen LogP contribution in [0.1, 0.15) is 25.7 Å². The maximum atomic E-state index is 12.5. The molecule has 2 aliphatic carbocycles. The van der Waals surface area contributed by atoms with Gasteiger partial charge in [-0.25, -0.2) is 8.42 Å². The number of carbonyl (C=O) groups excluding carboxylic acids is 2. The summed E-state index contributed by atoms with van der Waals surface area (Å²) in [7, 11) is -3.14. The molecule has 20 heavy (non-hydrogen) atoms. The van der Waals surface area contributed by atoms with Crippen molar-refractivity contribution in [2.24, 2.45) is 11.8 Å². The largest absolute Gasteiger partial charge is 0.342 e. The Morgan fingerprint density at radius 2 is 1.75 bits per heavy atom. The van der Waals surface area contributed by atoms with E-state index in [1.54, 1.807) is 0 Å². The summed E-state index contributed by atoms with van der Waals surface area (Å²) in [6.45, 7) is 0.134. The lowest BCUT2D eigenvalue weighted by molar-refractivity contribution is -0.150. The molecule has 2 atom stereocenters. The van der Waals surface area contributed by atoms with Crippen molar-refractivity contribution in [2.45, 2.75) is 37.8 Å². The molecule has 3 aliphatic rings. The topological polar surface area (TPSA) is 83.6 Å². The predicted molar refractivity (Wildman–Crippen MR) is 72.6 cm³/mol. The summed E-state index contributed by atoms with van der Waals surface area (Å²) in [5.41, 5.74) is 0. The van der Waals surface area contributed by atoms with Gasteiger partial charge in [0.15, 0.2) is 0 Å². The van der Waals surface area contributed by atoms with Crippen molar-refractivity contribution in [3.8, 4) is 0 Å². The lowest BCUT2D eigenvalue weighted by atomic mass is 10.0. The Balaban J connectivity index is 1.78. The second-order valence-electron chi connectivity index (χ2n) is 6.27. The number of nitrogens with zero attached hydrogens (tertiary/aromatic N) is 1. The first-order valence-electron chi connectivity index (χ1n) is 7.15. The molecule has 1 aliphatic heterocycles. The molecule has 0 bridgehead atoms. The molecule has 1 N–H and O–H groups in total. The Morgan fingerprint density at radius 1 is 1.15 bits per heavy atom. The van der Waals surface area contributed by atoms with E-state index in [-0.39, 0.29) is 35.9 Å². The maximum Gasteiger partial charge on any atom is 0.246 e. The second kappa shape index (κ2) is 4.72. The molecule has 112 valence electrons. The molecule has 3 rings (SSSR count). The molecule has 0 aromatic heterocycles. The van der Waals surface area contributed by atoms with Crippen LogP contribution in [0.4, 0.5) is 0 Å². The van der Waals surface area contributed by atoms with Gasteiger partial charge in [-0.15, -0.1) is 0 Å².